The molecule has 0 aliphatic carbocycles. The molecule has 3 nitrogen and oxygen atoms in total. The first-order valence-electron chi connectivity index (χ1n) is 6.33. The van der Waals surface area contributed by atoms with E-state index < -0.39 is 36.5 Å². The summed E-state index contributed by atoms with van der Waals surface area (Å²) in [6.45, 7) is 4.23. The van der Waals surface area contributed by atoms with E-state index in [0.29, 0.717) is 0 Å². The average Bonchev–Trinajstić information content (AvgIpc) is 2.54. The largest absolute Gasteiger partial charge is 0.496 e. The number of hydrogen-bond donors (Lipinski definition) is 0. The molecule has 1 aromatic carbocycles. The molecule has 1 aliphatic heterocycles. The summed E-state index contributed by atoms with van der Waals surface area (Å²) in [4.78, 5) is 0. The maximum atomic E-state index is 14.0. The van der Waals surface area contributed by atoms with E-state index in [1.807, 2.05) is 27.7 Å². The van der Waals surface area contributed by atoms with Crippen molar-refractivity contribution < 1.29 is 27.2 Å². The molecule has 2 rings (SSSR count). The second-order valence-corrected chi connectivity index (χ2v) is 6.13. The van der Waals surface area contributed by atoms with Crippen LogP contribution in [0.15, 0.2) is 12.1 Å². The van der Waals surface area contributed by atoms with Crippen LogP contribution in [-0.4, -0.2) is 24.9 Å². The van der Waals surface area contributed by atoms with Gasteiger partial charge in [-0.05, 0) is 33.8 Å². The van der Waals surface area contributed by atoms with Crippen molar-refractivity contribution in [3.8, 4) is 5.75 Å². The summed E-state index contributed by atoms with van der Waals surface area (Å²) in [5.41, 5.74) is -1.000. The van der Waals surface area contributed by atoms with Crippen molar-refractivity contribution in [3.63, 3.8) is 0 Å². The van der Waals surface area contributed by atoms with Crippen molar-refractivity contribution in [3.05, 3.63) is 23.0 Å². The second kappa shape index (κ2) is 5.37. The summed E-state index contributed by atoms with van der Waals surface area (Å²) in [6.07, 6.45) is 0. The first-order chi connectivity index (χ1) is 9.55. The Morgan fingerprint density at radius 1 is 1.14 bits per heavy atom. The molecule has 0 bridgehead atoms. The molecule has 8 heteroatoms. The molecule has 0 unspecified atom stereocenters. The molecule has 0 radical (unpaired) electrons. The summed E-state index contributed by atoms with van der Waals surface area (Å²) in [6, 6.07) is 2.43. The highest BCUT2D eigenvalue weighted by molar-refractivity contribution is 6.65. The van der Waals surface area contributed by atoms with Crippen LogP contribution < -0.4 is 10.2 Å². The van der Waals surface area contributed by atoms with Gasteiger partial charge in [0.25, 0.3) is 0 Å². The highest BCUT2D eigenvalue weighted by Gasteiger charge is 2.52. The second-order valence-electron chi connectivity index (χ2n) is 5.75. The van der Waals surface area contributed by atoms with Gasteiger partial charge < -0.3 is 14.0 Å². The monoisotopic (exact) mass is 322 g/mol. The van der Waals surface area contributed by atoms with Gasteiger partial charge in [0, 0.05) is 5.46 Å². The van der Waals surface area contributed by atoms with E-state index in [9.17, 15) is 13.2 Å². The maximum Gasteiger partial charge on any atom is 0.496 e. The maximum absolute atomic E-state index is 14.0. The van der Waals surface area contributed by atoms with Gasteiger partial charge in [0.2, 0.25) is 0 Å². The van der Waals surface area contributed by atoms with Crippen molar-refractivity contribution in [1.82, 2.24) is 0 Å². The van der Waals surface area contributed by atoms with E-state index >= 15 is 0 Å². The molecule has 1 heterocycles. The van der Waals surface area contributed by atoms with E-state index in [1.54, 1.807) is 0 Å². The Morgan fingerprint density at radius 2 is 1.67 bits per heavy atom. The van der Waals surface area contributed by atoms with Gasteiger partial charge in [-0.25, -0.2) is 4.39 Å². The smallest absolute Gasteiger partial charge is 0.432 e. The molecule has 1 fully saturated rings. The minimum Gasteiger partial charge on any atom is -0.432 e. The van der Waals surface area contributed by atoms with Gasteiger partial charge in [0.15, 0.2) is 11.6 Å². The molecular weight excluding hydrogens is 307 g/mol. The lowest BCUT2D eigenvalue weighted by Gasteiger charge is -2.32. The molecule has 0 spiro atoms. The normalized spacial score (nSPS) is 20.1. The number of benzene rings is 1. The van der Waals surface area contributed by atoms with Crippen molar-refractivity contribution in [2.24, 2.45) is 0 Å². The van der Waals surface area contributed by atoms with Gasteiger partial charge in [-0.15, -0.1) is 0 Å². The van der Waals surface area contributed by atoms with Crippen LogP contribution in [0.25, 0.3) is 0 Å². The lowest BCUT2D eigenvalue weighted by atomic mass is 9.79. The van der Waals surface area contributed by atoms with Gasteiger partial charge in [0.05, 0.1) is 16.2 Å². The Balaban J connectivity index is 2.33. The molecule has 1 aliphatic rings. The van der Waals surface area contributed by atoms with E-state index in [0.717, 1.165) is 6.07 Å². The van der Waals surface area contributed by atoms with Crippen LogP contribution in [-0.2, 0) is 9.31 Å². The van der Waals surface area contributed by atoms with E-state index in [1.165, 1.54) is 6.07 Å². The first kappa shape index (κ1) is 16.5. The van der Waals surface area contributed by atoms with Crippen LogP contribution >= 0.6 is 11.6 Å². The quantitative estimate of drug-likeness (QED) is 0.799. The average molecular weight is 323 g/mol. The SMILES string of the molecule is CC1(C)OB(c2ccc(OC(F)F)c(F)c2Cl)OC1(C)C. The Hall–Kier alpha value is -0.915. The van der Waals surface area contributed by atoms with Crippen LogP contribution in [0.2, 0.25) is 5.02 Å². The molecule has 1 saturated heterocycles. The predicted molar refractivity (Wildman–Crippen MR) is 73.8 cm³/mol. The Kier molecular flexibility index (Phi) is 4.21. The fourth-order valence-corrected chi connectivity index (χ4v) is 2.13. The minimum atomic E-state index is -3.13. The summed E-state index contributed by atoms with van der Waals surface area (Å²) in [5.74, 6) is -1.68. The van der Waals surface area contributed by atoms with Crippen LogP contribution in [0.5, 0.6) is 5.75 Å². The molecule has 0 atom stereocenters. The number of alkyl halides is 2. The van der Waals surface area contributed by atoms with Gasteiger partial charge in [-0.1, -0.05) is 17.7 Å². The van der Waals surface area contributed by atoms with E-state index in [-0.39, 0.29) is 10.5 Å². The number of ether oxygens (including phenoxy) is 1. The van der Waals surface area contributed by atoms with Crippen molar-refractivity contribution in [2.75, 3.05) is 0 Å². The summed E-state index contributed by atoms with van der Waals surface area (Å²) in [7, 11) is -0.877. The highest BCUT2D eigenvalue weighted by Crippen LogP contribution is 2.37. The highest BCUT2D eigenvalue weighted by atomic mass is 35.5. The molecule has 0 amide bonds. The van der Waals surface area contributed by atoms with Crippen molar-refractivity contribution in [2.45, 2.75) is 45.5 Å². The zero-order valence-corrected chi connectivity index (χ0v) is 12.8. The summed E-state index contributed by atoms with van der Waals surface area (Å²) >= 11 is 5.89. The molecule has 1 aromatic rings. The standard InChI is InChI=1S/C13H15BClF3O3/c1-12(2)13(3,4)21-14(20-12)7-5-6-8(19-11(17)18)10(16)9(7)15/h5-6,11H,1-4H3. The number of hydrogen-bond acceptors (Lipinski definition) is 3. The third-order valence-corrected chi connectivity index (χ3v) is 4.18. The Labute approximate surface area is 126 Å². The van der Waals surface area contributed by atoms with Crippen molar-refractivity contribution >= 4 is 24.2 Å². The molecule has 0 saturated carbocycles. The first-order valence-corrected chi connectivity index (χ1v) is 6.71. The molecular formula is C13H15BClF3O3. The predicted octanol–water partition coefficient (Wildman–Crippen LogP) is 3.38. The van der Waals surface area contributed by atoms with Gasteiger partial charge in [0.1, 0.15) is 0 Å². The molecule has 21 heavy (non-hydrogen) atoms. The van der Waals surface area contributed by atoms with Crippen LogP contribution in [0.3, 0.4) is 0 Å². The van der Waals surface area contributed by atoms with Gasteiger partial charge >= 0.3 is 13.7 Å². The van der Waals surface area contributed by atoms with E-state index in [2.05, 4.69) is 4.74 Å². The number of halogens is 4. The zero-order valence-electron chi connectivity index (χ0n) is 12.0. The summed E-state index contributed by atoms with van der Waals surface area (Å²) in [5, 5.41) is -0.355. The third-order valence-electron chi connectivity index (χ3n) is 3.80. The van der Waals surface area contributed by atoms with Gasteiger partial charge in [-0.2, -0.15) is 8.78 Å². The number of rotatable bonds is 3. The minimum absolute atomic E-state index is 0.231. The fraction of sp³-hybridized carbons (Fsp3) is 0.538. The fourth-order valence-electron chi connectivity index (χ4n) is 1.89. The summed E-state index contributed by atoms with van der Waals surface area (Å²) < 4.78 is 53.8. The third kappa shape index (κ3) is 3.00. The Morgan fingerprint density at radius 3 is 2.14 bits per heavy atom. The lowest BCUT2D eigenvalue weighted by Crippen LogP contribution is -2.41. The lowest BCUT2D eigenvalue weighted by molar-refractivity contribution is -0.0521. The van der Waals surface area contributed by atoms with Crippen LogP contribution in [0.1, 0.15) is 27.7 Å². The van der Waals surface area contributed by atoms with E-state index in [4.69, 9.17) is 20.9 Å². The topological polar surface area (TPSA) is 27.7 Å². The molecule has 0 N–H and O–H groups in total. The van der Waals surface area contributed by atoms with Crippen LogP contribution in [0.4, 0.5) is 13.2 Å². The van der Waals surface area contributed by atoms with Gasteiger partial charge in [-0.3, -0.25) is 0 Å². The Bertz CT molecular complexity index is 536. The molecule has 0 aromatic heterocycles. The van der Waals surface area contributed by atoms with Crippen LogP contribution in [0, 0.1) is 5.82 Å². The van der Waals surface area contributed by atoms with Crippen molar-refractivity contribution in [1.29, 1.82) is 0 Å². The molecule has 116 valence electrons. The zero-order chi connectivity index (χ0) is 16.0.